The Bertz CT molecular complexity index is 757. The summed E-state index contributed by atoms with van der Waals surface area (Å²) in [6.07, 6.45) is 0. The lowest BCUT2D eigenvalue weighted by Gasteiger charge is -2.30. The zero-order valence-corrected chi connectivity index (χ0v) is 18.3. The summed E-state index contributed by atoms with van der Waals surface area (Å²) >= 11 is 0. The van der Waals surface area contributed by atoms with Gasteiger partial charge in [-0.05, 0) is 47.6 Å². The number of hydrogen-bond donors (Lipinski definition) is 0. The summed E-state index contributed by atoms with van der Waals surface area (Å²) < 4.78 is 16.9. The third-order valence-corrected chi connectivity index (χ3v) is 4.69. The number of ether oxygens (including phenoxy) is 3. The van der Waals surface area contributed by atoms with Gasteiger partial charge in [-0.25, -0.2) is 0 Å². The highest BCUT2D eigenvalue weighted by Crippen LogP contribution is 2.44. The highest BCUT2D eigenvalue weighted by Gasteiger charge is 2.28. The lowest BCUT2D eigenvalue weighted by Crippen LogP contribution is -2.19. The fourth-order valence-corrected chi connectivity index (χ4v) is 3.24. The van der Waals surface area contributed by atoms with E-state index in [4.69, 9.17) is 14.2 Å². The molecule has 2 aromatic carbocycles. The lowest BCUT2D eigenvalue weighted by atomic mass is 9.77. The van der Waals surface area contributed by atoms with Crippen LogP contribution in [0.1, 0.15) is 58.2 Å². The molecule has 0 heterocycles. The van der Waals surface area contributed by atoms with Crippen LogP contribution in [-0.4, -0.2) is 21.0 Å². The minimum atomic E-state index is -0.0429. The van der Waals surface area contributed by atoms with Gasteiger partial charge in [0.05, 0.1) is 7.11 Å². The van der Waals surface area contributed by atoms with E-state index in [2.05, 4.69) is 72.7 Å². The van der Waals surface area contributed by atoms with Crippen LogP contribution in [0.5, 0.6) is 11.5 Å². The predicted molar refractivity (Wildman–Crippen MR) is 113 cm³/mol. The van der Waals surface area contributed by atoms with E-state index in [1.54, 1.807) is 14.2 Å². The van der Waals surface area contributed by atoms with E-state index in [0.717, 1.165) is 22.6 Å². The van der Waals surface area contributed by atoms with Crippen molar-refractivity contribution in [1.29, 1.82) is 0 Å². The molecule has 0 saturated carbocycles. The Morgan fingerprint density at radius 3 is 1.81 bits per heavy atom. The van der Waals surface area contributed by atoms with E-state index >= 15 is 0 Å². The first-order valence-corrected chi connectivity index (χ1v) is 9.44. The number of methoxy groups -OCH3 is 2. The average molecular weight is 371 g/mol. The monoisotopic (exact) mass is 370 g/mol. The smallest absolute Gasteiger partial charge is 0.188 e. The van der Waals surface area contributed by atoms with E-state index < -0.39 is 0 Å². The molecule has 0 saturated heterocycles. The van der Waals surface area contributed by atoms with Crippen LogP contribution in [0, 0.1) is 6.92 Å². The molecule has 148 valence electrons. The number of hydrogen-bond acceptors (Lipinski definition) is 3. The summed E-state index contributed by atoms with van der Waals surface area (Å²) in [4.78, 5) is 0. The highest BCUT2D eigenvalue weighted by atomic mass is 16.7. The van der Waals surface area contributed by atoms with Crippen molar-refractivity contribution in [1.82, 2.24) is 0 Å². The van der Waals surface area contributed by atoms with Crippen molar-refractivity contribution in [3.05, 3.63) is 47.0 Å². The molecule has 27 heavy (non-hydrogen) atoms. The van der Waals surface area contributed by atoms with Gasteiger partial charge in [-0.3, -0.25) is 0 Å². The summed E-state index contributed by atoms with van der Waals surface area (Å²) in [7, 11) is 3.40. The van der Waals surface area contributed by atoms with Crippen LogP contribution in [0.4, 0.5) is 0 Å². The second-order valence-electron chi connectivity index (χ2n) is 9.16. The van der Waals surface area contributed by atoms with Gasteiger partial charge in [0.25, 0.3) is 0 Å². The van der Waals surface area contributed by atoms with Crippen molar-refractivity contribution in [2.75, 3.05) is 21.0 Å². The summed E-state index contributed by atoms with van der Waals surface area (Å²) in [5, 5.41) is 0. The normalized spacial score (nSPS) is 12.2. The van der Waals surface area contributed by atoms with E-state index in [1.807, 2.05) is 6.07 Å². The Hall–Kier alpha value is -2.00. The minimum absolute atomic E-state index is 0.0429. The Balaban J connectivity index is 2.80. The van der Waals surface area contributed by atoms with Gasteiger partial charge in [-0.1, -0.05) is 53.2 Å². The molecule has 0 aliphatic carbocycles. The first kappa shape index (κ1) is 21.3. The Morgan fingerprint density at radius 2 is 1.37 bits per heavy atom. The van der Waals surface area contributed by atoms with Gasteiger partial charge in [0.15, 0.2) is 6.79 Å². The molecule has 3 nitrogen and oxygen atoms in total. The zero-order chi connectivity index (χ0) is 20.4. The molecule has 3 heteroatoms. The van der Waals surface area contributed by atoms with E-state index in [9.17, 15) is 0 Å². The third-order valence-electron chi connectivity index (χ3n) is 4.69. The van der Waals surface area contributed by atoms with Crippen molar-refractivity contribution >= 4 is 0 Å². The fraction of sp³-hybridized carbons (Fsp3) is 0.500. The minimum Gasteiger partial charge on any atom is -0.496 e. The largest absolute Gasteiger partial charge is 0.496 e. The van der Waals surface area contributed by atoms with Crippen LogP contribution >= 0.6 is 0 Å². The van der Waals surface area contributed by atoms with Crippen LogP contribution in [0.2, 0.25) is 0 Å². The predicted octanol–water partition coefficient (Wildman–Crippen LogP) is 6.25. The van der Waals surface area contributed by atoms with Gasteiger partial charge < -0.3 is 14.2 Å². The van der Waals surface area contributed by atoms with Crippen LogP contribution in [0.25, 0.3) is 11.1 Å². The lowest BCUT2D eigenvalue weighted by molar-refractivity contribution is 0.0515. The summed E-state index contributed by atoms with van der Waals surface area (Å²) in [6.45, 7) is 15.7. The van der Waals surface area contributed by atoms with Gasteiger partial charge in [0.1, 0.15) is 11.5 Å². The van der Waals surface area contributed by atoms with Crippen molar-refractivity contribution < 1.29 is 14.2 Å². The van der Waals surface area contributed by atoms with E-state index in [0.29, 0.717) is 0 Å². The second kappa shape index (κ2) is 7.93. The van der Waals surface area contributed by atoms with Crippen molar-refractivity contribution in [2.24, 2.45) is 0 Å². The van der Waals surface area contributed by atoms with Gasteiger partial charge in [0, 0.05) is 23.8 Å². The quantitative estimate of drug-likeness (QED) is 0.582. The molecule has 0 fully saturated rings. The molecular formula is C24H34O3. The number of rotatable bonds is 5. The molecule has 0 N–H and O–H groups in total. The van der Waals surface area contributed by atoms with Crippen LogP contribution in [0.3, 0.4) is 0 Å². The number of aryl methyl sites for hydroxylation is 1. The maximum atomic E-state index is 5.89. The molecule has 2 rings (SSSR count). The molecule has 2 aromatic rings. The molecular weight excluding hydrogens is 336 g/mol. The van der Waals surface area contributed by atoms with Gasteiger partial charge in [0.2, 0.25) is 0 Å². The molecule has 0 spiro atoms. The molecule has 0 bridgehead atoms. The molecule has 0 unspecified atom stereocenters. The Morgan fingerprint density at radius 1 is 0.815 bits per heavy atom. The zero-order valence-electron chi connectivity index (χ0n) is 18.3. The maximum absolute atomic E-state index is 5.89. The van der Waals surface area contributed by atoms with Crippen LogP contribution in [-0.2, 0) is 15.6 Å². The van der Waals surface area contributed by atoms with Crippen molar-refractivity contribution in [3.63, 3.8) is 0 Å². The summed E-state index contributed by atoms with van der Waals surface area (Å²) in [5.74, 6) is 1.80. The second-order valence-corrected chi connectivity index (χ2v) is 9.16. The topological polar surface area (TPSA) is 27.7 Å². The molecule has 0 radical (unpaired) electrons. The third kappa shape index (κ3) is 4.84. The molecule has 0 atom stereocenters. The number of benzene rings is 2. The van der Waals surface area contributed by atoms with Crippen LogP contribution < -0.4 is 9.47 Å². The molecule has 0 amide bonds. The maximum Gasteiger partial charge on any atom is 0.188 e. The molecule has 0 aliphatic heterocycles. The van der Waals surface area contributed by atoms with E-state index in [-0.39, 0.29) is 17.6 Å². The fourth-order valence-electron chi connectivity index (χ4n) is 3.24. The van der Waals surface area contributed by atoms with Crippen molar-refractivity contribution in [3.8, 4) is 22.6 Å². The highest BCUT2D eigenvalue weighted by molar-refractivity contribution is 5.74. The Kier molecular flexibility index (Phi) is 6.26. The van der Waals surface area contributed by atoms with E-state index in [1.165, 1.54) is 16.7 Å². The van der Waals surface area contributed by atoms with Gasteiger partial charge in [-0.15, -0.1) is 0 Å². The first-order valence-electron chi connectivity index (χ1n) is 9.44. The Labute approximate surface area is 164 Å². The SMILES string of the molecule is COCOc1ccc(C)cc1-c1cc(C(C)(C)C)c(OC)c(C(C)(C)C)c1. The molecule has 0 aliphatic rings. The average Bonchev–Trinajstić information content (AvgIpc) is 2.57. The van der Waals surface area contributed by atoms with Crippen LogP contribution in [0.15, 0.2) is 30.3 Å². The first-order chi connectivity index (χ1) is 12.5. The standard InChI is InChI=1S/C24H34O3/c1-16-10-11-21(27-15-25-8)18(12-16)17-13-19(23(2,3)4)22(26-9)20(14-17)24(5,6)7/h10-14H,15H2,1-9H3. The van der Waals surface area contributed by atoms with Crippen molar-refractivity contribution in [2.45, 2.75) is 59.3 Å². The summed E-state index contributed by atoms with van der Waals surface area (Å²) in [5.41, 5.74) is 5.72. The van der Waals surface area contributed by atoms with Gasteiger partial charge in [-0.2, -0.15) is 0 Å². The van der Waals surface area contributed by atoms with Gasteiger partial charge >= 0.3 is 0 Å². The summed E-state index contributed by atoms with van der Waals surface area (Å²) in [6, 6.07) is 10.7. The molecule has 0 aromatic heterocycles.